The van der Waals surface area contributed by atoms with Crippen molar-refractivity contribution >= 4 is 17.3 Å². The third-order valence-corrected chi connectivity index (χ3v) is 7.44. The molecule has 0 bridgehead atoms. The zero-order valence-corrected chi connectivity index (χ0v) is 20.5. The van der Waals surface area contributed by atoms with E-state index in [1.54, 1.807) is 6.08 Å². The summed E-state index contributed by atoms with van der Waals surface area (Å²) in [5, 5.41) is 3.66. The fourth-order valence-electron chi connectivity index (χ4n) is 5.20. The van der Waals surface area contributed by atoms with E-state index in [-0.39, 0.29) is 65.4 Å². The average Bonchev–Trinajstić information content (AvgIpc) is 3.00. The monoisotopic (exact) mass is 427 g/mol. The molecule has 0 aromatic rings. The van der Waals surface area contributed by atoms with E-state index in [1.165, 1.54) is 0 Å². The molecule has 1 unspecified atom stereocenters. The van der Waals surface area contributed by atoms with Crippen molar-refractivity contribution in [2.45, 2.75) is 86.2 Å². The maximum atomic E-state index is 13.4. The van der Waals surface area contributed by atoms with Crippen LogP contribution in [0.2, 0.25) is 0 Å². The second-order valence-electron chi connectivity index (χ2n) is 9.82. The van der Waals surface area contributed by atoms with Crippen LogP contribution in [0.15, 0.2) is 35.5 Å². The van der Waals surface area contributed by atoms with Gasteiger partial charge in [-0.2, -0.15) is 0 Å². The molecule has 31 heavy (non-hydrogen) atoms. The zero-order chi connectivity index (χ0) is 23.5. The number of carbonyl (C=O) groups is 3. The third kappa shape index (κ3) is 5.34. The number of hydrogen-bond acceptors (Lipinski definition) is 4. The minimum Gasteiger partial charge on any atom is -0.306 e. The molecule has 0 radical (unpaired) electrons. The number of fused-ring (bicyclic) bond motifs is 1. The number of nitrogens with one attached hydrogen (secondary N) is 1. The number of hydrogen-bond donors (Lipinski definition) is 1. The van der Waals surface area contributed by atoms with Crippen LogP contribution < -0.4 is 5.32 Å². The van der Waals surface area contributed by atoms with Crippen molar-refractivity contribution in [1.29, 1.82) is 0 Å². The first-order valence-corrected chi connectivity index (χ1v) is 11.9. The van der Waals surface area contributed by atoms with E-state index in [4.69, 9.17) is 0 Å². The van der Waals surface area contributed by atoms with E-state index in [1.807, 2.05) is 40.7 Å². The Bertz CT molecular complexity index is 788. The van der Waals surface area contributed by atoms with Gasteiger partial charge in [0.2, 0.25) is 0 Å². The first kappa shape index (κ1) is 25.5. The van der Waals surface area contributed by atoms with Crippen LogP contribution in [0.1, 0.15) is 74.1 Å². The molecule has 1 N–H and O–H groups in total. The Labute approximate surface area is 188 Å². The summed E-state index contributed by atoms with van der Waals surface area (Å²) >= 11 is 0. The molecule has 0 amide bonds. The van der Waals surface area contributed by atoms with Crippen molar-refractivity contribution in [3.05, 3.63) is 35.5 Å². The van der Waals surface area contributed by atoms with E-state index in [0.717, 1.165) is 29.6 Å². The van der Waals surface area contributed by atoms with Gasteiger partial charge in [-0.3, -0.25) is 14.4 Å². The van der Waals surface area contributed by atoms with Crippen molar-refractivity contribution in [2.75, 3.05) is 0 Å². The predicted octanol–water partition coefficient (Wildman–Crippen LogP) is 5.24. The Balaban J connectivity index is 2.41. The number of piperidine rings is 1. The summed E-state index contributed by atoms with van der Waals surface area (Å²) in [7, 11) is 0. The Morgan fingerprint density at radius 2 is 1.77 bits per heavy atom. The Morgan fingerprint density at radius 1 is 1.13 bits per heavy atom. The molecule has 1 saturated carbocycles. The van der Waals surface area contributed by atoms with Crippen molar-refractivity contribution in [2.24, 2.45) is 29.6 Å². The molecule has 6 atom stereocenters. The molecule has 2 rings (SSSR count). The fraction of sp³-hybridized carbons (Fsp3) is 0.667. The van der Waals surface area contributed by atoms with Gasteiger partial charge in [-0.1, -0.05) is 58.4 Å². The van der Waals surface area contributed by atoms with Crippen LogP contribution in [0.4, 0.5) is 0 Å². The van der Waals surface area contributed by atoms with Gasteiger partial charge >= 0.3 is 0 Å². The SMILES string of the molecule is C=C1[C@H]2[C@@H](/C(=C/C)C(=O)[C@H]2CC(=O)C(C)CC)[C@H](C(C)C)N[C@H]1CC(=O)/C=C(\C)CC. The molecule has 0 aromatic carbocycles. The molecule has 2 aliphatic rings. The number of ketones is 3. The lowest BCUT2D eigenvalue weighted by molar-refractivity contribution is -0.127. The lowest BCUT2D eigenvalue weighted by Gasteiger charge is -2.44. The van der Waals surface area contributed by atoms with E-state index in [9.17, 15) is 14.4 Å². The fourth-order valence-corrected chi connectivity index (χ4v) is 5.20. The van der Waals surface area contributed by atoms with Crippen LogP contribution in [0, 0.1) is 29.6 Å². The van der Waals surface area contributed by atoms with Gasteiger partial charge in [-0.05, 0) is 44.3 Å². The largest absolute Gasteiger partial charge is 0.306 e. The maximum Gasteiger partial charge on any atom is 0.163 e. The quantitative estimate of drug-likeness (QED) is 0.404. The summed E-state index contributed by atoms with van der Waals surface area (Å²) in [5.41, 5.74) is 2.80. The molecule has 4 nitrogen and oxygen atoms in total. The van der Waals surface area contributed by atoms with Crippen molar-refractivity contribution in [3.63, 3.8) is 0 Å². The van der Waals surface area contributed by atoms with Crippen molar-refractivity contribution < 1.29 is 14.4 Å². The molecular weight excluding hydrogens is 386 g/mol. The first-order valence-electron chi connectivity index (χ1n) is 11.9. The van der Waals surface area contributed by atoms with Gasteiger partial charge in [0.15, 0.2) is 11.6 Å². The number of carbonyl (C=O) groups excluding carboxylic acids is 3. The molecule has 1 saturated heterocycles. The van der Waals surface area contributed by atoms with Crippen LogP contribution >= 0.6 is 0 Å². The second kappa shape index (κ2) is 10.7. The lowest BCUT2D eigenvalue weighted by atomic mass is 9.68. The smallest absolute Gasteiger partial charge is 0.163 e. The Hall–Kier alpha value is -1.81. The van der Waals surface area contributed by atoms with E-state index >= 15 is 0 Å². The molecule has 4 heteroatoms. The van der Waals surface area contributed by atoms with Gasteiger partial charge in [0.05, 0.1) is 0 Å². The number of Topliss-reactive ketones (excluding diaryl/α,β-unsaturated/α-hetero) is 2. The molecule has 1 heterocycles. The lowest BCUT2D eigenvalue weighted by Crippen LogP contribution is -2.55. The first-order chi connectivity index (χ1) is 14.6. The highest BCUT2D eigenvalue weighted by Crippen LogP contribution is 2.50. The summed E-state index contributed by atoms with van der Waals surface area (Å²) in [6, 6.07) is -0.101. The number of rotatable bonds is 9. The minimum absolute atomic E-state index is 0.0130. The molecule has 1 aliphatic carbocycles. The summed E-state index contributed by atoms with van der Waals surface area (Å²) in [6.45, 7) is 18.6. The third-order valence-electron chi connectivity index (χ3n) is 7.44. The Kier molecular flexibility index (Phi) is 8.76. The van der Waals surface area contributed by atoms with Gasteiger partial charge in [-0.15, -0.1) is 0 Å². The van der Waals surface area contributed by atoms with Gasteiger partial charge in [0, 0.05) is 48.6 Å². The van der Waals surface area contributed by atoms with Gasteiger partial charge in [-0.25, -0.2) is 0 Å². The predicted molar refractivity (Wildman–Crippen MR) is 127 cm³/mol. The summed E-state index contributed by atoms with van der Waals surface area (Å²) in [5.74, 6) is 0.137. The maximum absolute atomic E-state index is 13.4. The molecule has 172 valence electrons. The van der Waals surface area contributed by atoms with Gasteiger partial charge in [0.25, 0.3) is 0 Å². The van der Waals surface area contributed by atoms with Crippen LogP contribution in [0.5, 0.6) is 0 Å². The molecular formula is C27H41NO3. The highest BCUT2D eigenvalue weighted by molar-refractivity contribution is 6.03. The molecule has 0 spiro atoms. The van der Waals surface area contributed by atoms with E-state index < -0.39 is 0 Å². The normalized spacial score (nSPS) is 31.3. The standard InChI is InChI=1S/C27H41NO3/c1-9-16(6)12-19(29)13-22-18(8)24-21(14-23(30)17(7)10-2)27(31)20(11-3)25(24)26(28-22)15(4)5/h11-12,15,17,21-22,24-26,28H,8-10,13-14H2,1-7H3/b16-12+,20-11-/t17?,21-,22-,24+,25+,26-/m0/s1. The summed E-state index contributed by atoms with van der Waals surface area (Å²) in [4.78, 5) is 38.9. The van der Waals surface area contributed by atoms with E-state index in [0.29, 0.717) is 6.42 Å². The summed E-state index contributed by atoms with van der Waals surface area (Å²) < 4.78 is 0. The van der Waals surface area contributed by atoms with E-state index in [2.05, 4.69) is 25.7 Å². The highest BCUT2D eigenvalue weighted by atomic mass is 16.1. The topological polar surface area (TPSA) is 63.2 Å². The van der Waals surface area contributed by atoms with Crippen LogP contribution in [0.3, 0.4) is 0 Å². The Morgan fingerprint density at radius 3 is 2.29 bits per heavy atom. The second-order valence-corrected chi connectivity index (χ2v) is 9.82. The number of allylic oxidation sites excluding steroid dienone is 3. The van der Waals surface area contributed by atoms with Crippen LogP contribution in [0.25, 0.3) is 0 Å². The minimum atomic E-state index is -0.362. The van der Waals surface area contributed by atoms with Crippen molar-refractivity contribution in [3.8, 4) is 0 Å². The molecule has 0 aromatic heterocycles. The highest BCUT2D eigenvalue weighted by Gasteiger charge is 2.54. The average molecular weight is 428 g/mol. The zero-order valence-electron chi connectivity index (χ0n) is 20.5. The van der Waals surface area contributed by atoms with Gasteiger partial charge in [0.1, 0.15) is 5.78 Å². The molecule has 1 aliphatic heterocycles. The van der Waals surface area contributed by atoms with Crippen LogP contribution in [-0.2, 0) is 14.4 Å². The molecule has 2 fully saturated rings. The van der Waals surface area contributed by atoms with Crippen molar-refractivity contribution in [1.82, 2.24) is 5.32 Å². The van der Waals surface area contributed by atoms with Crippen LogP contribution in [-0.4, -0.2) is 29.4 Å². The van der Waals surface area contributed by atoms with Gasteiger partial charge < -0.3 is 5.32 Å². The summed E-state index contributed by atoms with van der Waals surface area (Å²) in [6.07, 6.45) is 5.90.